The lowest BCUT2D eigenvalue weighted by atomic mass is 10.1. The van der Waals surface area contributed by atoms with Crippen LogP contribution in [0.3, 0.4) is 0 Å². The molecule has 5 rings (SSSR count). The van der Waals surface area contributed by atoms with Gasteiger partial charge < -0.3 is 9.72 Å². The van der Waals surface area contributed by atoms with Crippen molar-refractivity contribution in [1.29, 1.82) is 0 Å². The van der Waals surface area contributed by atoms with Crippen LogP contribution in [0, 0.1) is 6.92 Å². The van der Waals surface area contributed by atoms with Crippen molar-refractivity contribution in [3.05, 3.63) is 87.5 Å². The third-order valence-corrected chi connectivity index (χ3v) is 7.07. The van der Waals surface area contributed by atoms with E-state index in [0.717, 1.165) is 66.7 Å². The lowest BCUT2D eigenvalue weighted by Crippen LogP contribution is -2.34. The third kappa shape index (κ3) is 5.55. The fraction of sp³-hybridized carbons (Fsp3) is 0.429. The number of aromatic amines is 1. The van der Waals surface area contributed by atoms with E-state index in [9.17, 15) is 4.79 Å². The number of rotatable bonds is 10. The molecule has 1 N–H and O–H groups in total. The molecule has 0 spiro atoms. The average Bonchev–Trinajstić information content (AvgIpc) is 3.57. The largest absolute Gasteiger partial charge is 0.376 e. The van der Waals surface area contributed by atoms with Crippen LogP contribution in [-0.4, -0.2) is 49.3 Å². The lowest BCUT2D eigenvalue weighted by molar-refractivity contribution is 0.0893. The molecule has 0 unspecified atom stereocenters. The number of hydrogen-bond acceptors (Lipinski definition) is 6. The molecule has 0 saturated carbocycles. The minimum Gasteiger partial charge on any atom is -0.376 e. The van der Waals surface area contributed by atoms with Gasteiger partial charge in [-0.05, 0) is 71.7 Å². The molecular weight excluding hydrogens is 452 g/mol. The van der Waals surface area contributed by atoms with Crippen molar-refractivity contribution in [2.24, 2.45) is 0 Å². The maximum atomic E-state index is 13.1. The van der Waals surface area contributed by atoms with Gasteiger partial charge in [0.1, 0.15) is 0 Å². The molecular formula is C28H34N6O2. The predicted octanol–water partition coefficient (Wildman–Crippen LogP) is 4.20. The third-order valence-electron chi connectivity index (χ3n) is 7.07. The van der Waals surface area contributed by atoms with Crippen molar-refractivity contribution in [2.75, 3.05) is 13.2 Å². The molecule has 188 valence electrons. The van der Waals surface area contributed by atoms with Gasteiger partial charge in [0.05, 0.1) is 18.7 Å². The number of H-pyrrole nitrogens is 1. The van der Waals surface area contributed by atoms with Crippen molar-refractivity contribution in [3.8, 4) is 0 Å². The molecule has 1 aliphatic rings. The van der Waals surface area contributed by atoms with Gasteiger partial charge in [-0.2, -0.15) is 0 Å². The van der Waals surface area contributed by atoms with Gasteiger partial charge in [-0.3, -0.25) is 9.69 Å². The molecule has 8 heteroatoms. The summed E-state index contributed by atoms with van der Waals surface area (Å²) in [4.78, 5) is 18.5. The Kier molecular flexibility index (Phi) is 7.53. The number of tetrazole rings is 1. The number of benzene rings is 2. The Balaban J connectivity index is 1.45. The molecule has 2 aromatic heterocycles. The SMILES string of the molecule is CC[C@@H](c1nnnn1C[C@H]1CCCO1)N(CCc1ccccc1)Cc1cc2ccc(C)cc2[nH]c1=O. The molecule has 3 heterocycles. The summed E-state index contributed by atoms with van der Waals surface area (Å²) in [7, 11) is 0. The number of ether oxygens (including phenoxy) is 1. The summed E-state index contributed by atoms with van der Waals surface area (Å²) in [6.45, 7) is 6.92. The maximum absolute atomic E-state index is 13.1. The fourth-order valence-corrected chi connectivity index (χ4v) is 5.12. The molecule has 1 aliphatic heterocycles. The van der Waals surface area contributed by atoms with Gasteiger partial charge >= 0.3 is 0 Å². The molecule has 0 radical (unpaired) electrons. The zero-order valence-corrected chi connectivity index (χ0v) is 21.1. The summed E-state index contributed by atoms with van der Waals surface area (Å²) < 4.78 is 7.74. The highest BCUT2D eigenvalue weighted by Gasteiger charge is 2.27. The molecule has 4 aromatic rings. The second kappa shape index (κ2) is 11.1. The fourth-order valence-electron chi connectivity index (χ4n) is 5.12. The second-order valence-corrected chi connectivity index (χ2v) is 9.70. The molecule has 2 aromatic carbocycles. The van der Waals surface area contributed by atoms with Gasteiger partial charge in [-0.1, -0.05) is 49.4 Å². The van der Waals surface area contributed by atoms with Gasteiger partial charge in [0, 0.05) is 30.8 Å². The summed E-state index contributed by atoms with van der Waals surface area (Å²) in [5.41, 5.74) is 3.95. The van der Waals surface area contributed by atoms with Gasteiger partial charge in [0.15, 0.2) is 5.82 Å². The molecule has 2 atom stereocenters. The van der Waals surface area contributed by atoms with Gasteiger partial charge in [0.2, 0.25) is 0 Å². The first kappa shape index (κ1) is 24.3. The van der Waals surface area contributed by atoms with Crippen molar-refractivity contribution in [3.63, 3.8) is 0 Å². The van der Waals surface area contributed by atoms with E-state index in [1.807, 2.05) is 29.8 Å². The Morgan fingerprint density at radius 3 is 2.83 bits per heavy atom. The molecule has 36 heavy (non-hydrogen) atoms. The molecule has 8 nitrogen and oxygen atoms in total. The zero-order valence-electron chi connectivity index (χ0n) is 21.1. The summed E-state index contributed by atoms with van der Waals surface area (Å²) in [5, 5.41) is 13.8. The van der Waals surface area contributed by atoms with Crippen molar-refractivity contribution < 1.29 is 4.74 Å². The van der Waals surface area contributed by atoms with Crippen LogP contribution in [0.25, 0.3) is 10.9 Å². The standard InChI is InChI=1S/C28H34N6O2/c1-3-26(27-30-31-32-34(27)19-24-10-7-15-36-24)33(14-13-21-8-5-4-6-9-21)18-23-17-22-12-11-20(2)16-25(22)29-28(23)35/h4-6,8-9,11-12,16-17,24,26H,3,7,10,13-15,18-19H2,1-2H3,(H,29,35)/t24-,26+/m1/s1. The molecule has 1 saturated heterocycles. The average molecular weight is 487 g/mol. The first-order chi connectivity index (χ1) is 17.6. The number of aryl methyl sites for hydroxylation is 1. The number of nitrogens with zero attached hydrogens (tertiary/aromatic N) is 5. The minimum atomic E-state index is -0.0494. The van der Waals surface area contributed by atoms with Crippen molar-refractivity contribution in [2.45, 2.75) is 64.8 Å². The zero-order chi connectivity index (χ0) is 24.9. The van der Waals surface area contributed by atoms with E-state index in [0.29, 0.717) is 13.1 Å². The van der Waals surface area contributed by atoms with Crippen molar-refractivity contribution in [1.82, 2.24) is 30.1 Å². The Labute approximate surface area is 211 Å². The molecule has 0 bridgehead atoms. The molecule has 0 aliphatic carbocycles. The van der Waals surface area contributed by atoms with Crippen LogP contribution in [0.1, 0.15) is 54.7 Å². The van der Waals surface area contributed by atoms with Crippen LogP contribution in [0.15, 0.2) is 59.4 Å². The van der Waals surface area contributed by atoms with Crippen LogP contribution >= 0.6 is 0 Å². The van der Waals surface area contributed by atoms with Crippen LogP contribution in [0.4, 0.5) is 0 Å². The Bertz CT molecular complexity index is 1340. The summed E-state index contributed by atoms with van der Waals surface area (Å²) >= 11 is 0. The van der Waals surface area contributed by atoms with Gasteiger partial charge in [0.25, 0.3) is 5.56 Å². The monoisotopic (exact) mass is 486 g/mol. The Morgan fingerprint density at radius 1 is 1.19 bits per heavy atom. The van der Waals surface area contributed by atoms with E-state index < -0.39 is 0 Å². The van der Waals surface area contributed by atoms with Crippen LogP contribution in [-0.2, 0) is 24.2 Å². The first-order valence-corrected chi connectivity index (χ1v) is 12.9. The Hall–Kier alpha value is -3.36. The topological polar surface area (TPSA) is 88.9 Å². The second-order valence-electron chi connectivity index (χ2n) is 9.70. The van der Waals surface area contributed by atoms with E-state index >= 15 is 0 Å². The number of fused-ring (bicyclic) bond motifs is 1. The van der Waals surface area contributed by atoms with E-state index in [1.54, 1.807) is 0 Å². The minimum absolute atomic E-state index is 0.0294. The highest BCUT2D eigenvalue weighted by molar-refractivity contribution is 5.79. The maximum Gasteiger partial charge on any atom is 0.252 e. The smallest absolute Gasteiger partial charge is 0.252 e. The number of hydrogen-bond donors (Lipinski definition) is 1. The van der Waals surface area contributed by atoms with E-state index in [1.165, 1.54) is 5.56 Å². The lowest BCUT2D eigenvalue weighted by Gasteiger charge is -2.30. The normalized spacial score (nSPS) is 16.7. The van der Waals surface area contributed by atoms with Crippen LogP contribution < -0.4 is 5.56 Å². The summed E-state index contributed by atoms with van der Waals surface area (Å²) in [6, 6.07) is 18.6. The quantitative estimate of drug-likeness (QED) is 0.361. The van der Waals surface area contributed by atoms with E-state index in [2.05, 4.69) is 68.7 Å². The highest BCUT2D eigenvalue weighted by Crippen LogP contribution is 2.26. The molecule has 1 fully saturated rings. The van der Waals surface area contributed by atoms with Crippen LogP contribution in [0.5, 0.6) is 0 Å². The van der Waals surface area contributed by atoms with Crippen LogP contribution in [0.2, 0.25) is 0 Å². The molecule has 0 amide bonds. The first-order valence-electron chi connectivity index (χ1n) is 12.9. The van der Waals surface area contributed by atoms with Crippen molar-refractivity contribution >= 4 is 10.9 Å². The summed E-state index contributed by atoms with van der Waals surface area (Å²) in [5.74, 6) is 0.828. The van der Waals surface area contributed by atoms with E-state index in [4.69, 9.17) is 4.74 Å². The number of nitrogens with one attached hydrogen (secondary N) is 1. The van der Waals surface area contributed by atoms with Gasteiger partial charge in [-0.15, -0.1) is 5.10 Å². The van der Waals surface area contributed by atoms with E-state index in [-0.39, 0.29) is 17.7 Å². The predicted molar refractivity (Wildman–Crippen MR) is 140 cm³/mol. The highest BCUT2D eigenvalue weighted by atomic mass is 16.5. The Morgan fingerprint density at radius 2 is 2.06 bits per heavy atom. The van der Waals surface area contributed by atoms with Gasteiger partial charge in [-0.25, -0.2) is 4.68 Å². The summed E-state index contributed by atoms with van der Waals surface area (Å²) in [6.07, 6.45) is 3.95. The number of pyridine rings is 1. The number of aromatic nitrogens is 5.